The van der Waals surface area contributed by atoms with Crippen molar-refractivity contribution in [1.82, 2.24) is 15.1 Å². The molecule has 0 fully saturated rings. The molecule has 3 heteroatoms. The second-order valence-corrected chi connectivity index (χ2v) is 6.63. The Morgan fingerprint density at radius 2 is 0.826 bits per heavy atom. The molecule has 140 valence electrons. The average molecular weight is 328 g/mol. The molecule has 0 saturated carbocycles. The highest BCUT2D eigenvalue weighted by molar-refractivity contribution is 4.56. The number of hydrogen-bond donors (Lipinski definition) is 1. The van der Waals surface area contributed by atoms with E-state index in [1.54, 1.807) is 0 Å². The molecule has 0 aliphatic rings. The molecule has 0 amide bonds. The van der Waals surface area contributed by atoms with Crippen LogP contribution in [-0.2, 0) is 0 Å². The maximum atomic E-state index is 3.61. The maximum absolute atomic E-state index is 3.61. The summed E-state index contributed by atoms with van der Waals surface area (Å²) in [5, 5.41) is 3.61. The van der Waals surface area contributed by atoms with Crippen LogP contribution in [0.5, 0.6) is 0 Å². The zero-order chi connectivity index (χ0) is 17.2. The van der Waals surface area contributed by atoms with E-state index in [9.17, 15) is 0 Å². The van der Waals surface area contributed by atoms with Crippen molar-refractivity contribution >= 4 is 0 Å². The van der Waals surface area contributed by atoms with Crippen molar-refractivity contribution in [2.24, 2.45) is 0 Å². The van der Waals surface area contributed by atoms with E-state index in [1.807, 2.05) is 0 Å². The second kappa shape index (κ2) is 18.2. The van der Waals surface area contributed by atoms with Gasteiger partial charge in [0.2, 0.25) is 0 Å². The Labute approximate surface area is 147 Å². The molecule has 0 heterocycles. The lowest BCUT2D eigenvalue weighted by atomic mass is 10.1. The van der Waals surface area contributed by atoms with E-state index in [1.165, 1.54) is 104 Å². The van der Waals surface area contributed by atoms with Crippen molar-refractivity contribution in [1.29, 1.82) is 0 Å². The molecule has 0 spiro atoms. The predicted octanol–water partition coefficient (Wildman–Crippen LogP) is 4.38. The fourth-order valence-electron chi connectivity index (χ4n) is 3.08. The first-order chi connectivity index (χ1) is 11.3. The van der Waals surface area contributed by atoms with Crippen LogP contribution in [0.25, 0.3) is 0 Å². The topological polar surface area (TPSA) is 18.5 Å². The average Bonchev–Trinajstić information content (AvgIpc) is 2.59. The Kier molecular flexibility index (Phi) is 18.1. The summed E-state index contributed by atoms with van der Waals surface area (Å²) in [6.07, 6.45) is 11.0. The first-order valence-electron chi connectivity index (χ1n) is 10.4. The third kappa shape index (κ3) is 15.2. The summed E-state index contributed by atoms with van der Waals surface area (Å²) in [6.45, 7) is 18.8. The molecular weight excluding hydrogens is 282 g/mol. The molecule has 0 aromatic carbocycles. The molecule has 0 bridgehead atoms. The molecule has 0 rings (SSSR count). The van der Waals surface area contributed by atoms with Crippen molar-refractivity contribution in [3.63, 3.8) is 0 Å². The van der Waals surface area contributed by atoms with E-state index in [0.717, 1.165) is 0 Å². The summed E-state index contributed by atoms with van der Waals surface area (Å²) in [5.74, 6) is 0. The molecule has 0 aromatic rings. The molecule has 0 saturated heterocycles. The fraction of sp³-hybridized carbons (Fsp3) is 1.00. The lowest BCUT2D eigenvalue weighted by Crippen LogP contribution is -2.24. The van der Waals surface area contributed by atoms with Crippen molar-refractivity contribution in [3.8, 4) is 0 Å². The molecule has 0 aliphatic heterocycles. The molecule has 0 aliphatic carbocycles. The van der Waals surface area contributed by atoms with Crippen LogP contribution in [0.1, 0.15) is 79.1 Å². The van der Waals surface area contributed by atoms with Gasteiger partial charge in [0.25, 0.3) is 0 Å². The van der Waals surface area contributed by atoms with Crippen LogP contribution in [0.15, 0.2) is 0 Å². The normalized spacial score (nSPS) is 11.7. The summed E-state index contributed by atoms with van der Waals surface area (Å²) < 4.78 is 0. The smallest absolute Gasteiger partial charge is 0.00190 e. The van der Waals surface area contributed by atoms with Crippen LogP contribution in [0.2, 0.25) is 0 Å². The molecule has 0 atom stereocenters. The summed E-state index contributed by atoms with van der Waals surface area (Å²) in [7, 11) is 0. The van der Waals surface area contributed by atoms with Gasteiger partial charge in [-0.2, -0.15) is 0 Å². The molecule has 0 unspecified atom stereocenters. The Hall–Kier alpha value is -0.120. The Morgan fingerprint density at radius 3 is 1.17 bits per heavy atom. The maximum Gasteiger partial charge on any atom is -0.00190 e. The molecule has 1 N–H and O–H groups in total. The van der Waals surface area contributed by atoms with E-state index in [2.05, 4.69) is 42.8 Å². The van der Waals surface area contributed by atoms with Gasteiger partial charge in [-0.05, 0) is 78.0 Å². The van der Waals surface area contributed by atoms with Gasteiger partial charge in [-0.25, -0.2) is 0 Å². The monoisotopic (exact) mass is 327 g/mol. The van der Waals surface area contributed by atoms with Crippen LogP contribution in [-0.4, -0.2) is 62.2 Å². The van der Waals surface area contributed by atoms with Gasteiger partial charge in [0.05, 0.1) is 0 Å². The van der Waals surface area contributed by atoms with Gasteiger partial charge in [-0.3, -0.25) is 0 Å². The second-order valence-electron chi connectivity index (χ2n) is 6.63. The summed E-state index contributed by atoms with van der Waals surface area (Å²) in [6, 6.07) is 0. The highest BCUT2D eigenvalue weighted by Gasteiger charge is 1.99. The number of rotatable bonds is 18. The lowest BCUT2D eigenvalue weighted by Gasteiger charge is -2.17. The number of hydrogen-bond acceptors (Lipinski definition) is 3. The Balaban J connectivity index is 3.13. The minimum absolute atomic E-state index is 1.20. The molecule has 3 nitrogen and oxygen atoms in total. The van der Waals surface area contributed by atoms with E-state index in [-0.39, 0.29) is 0 Å². The third-order valence-electron chi connectivity index (χ3n) is 4.94. The van der Waals surface area contributed by atoms with Gasteiger partial charge in [0.15, 0.2) is 0 Å². The van der Waals surface area contributed by atoms with Crippen molar-refractivity contribution in [2.45, 2.75) is 79.1 Å². The van der Waals surface area contributed by atoms with Gasteiger partial charge in [0, 0.05) is 0 Å². The Bertz CT molecular complexity index is 191. The van der Waals surface area contributed by atoms with Crippen molar-refractivity contribution in [3.05, 3.63) is 0 Å². The number of nitrogens with one attached hydrogen (secondary N) is 1. The van der Waals surface area contributed by atoms with E-state index >= 15 is 0 Å². The van der Waals surface area contributed by atoms with Gasteiger partial charge in [0.1, 0.15) is 0 Å². The highest BCUT2D eigenvalue weighted by Crippen LogP contribution is 2.03. The predicted molar refractivity (Wildman–Crippen MR) is 105 cm³/mol. The van der Waals surface area contributed by atoms with Gasteiger partial charge >= 0.3 is 0 Å². The molecular formula is C20H45N3. The minimum Gasteiger partial charge on any atom is -0.317 e. The fourth-order valence-corrected chi connectivity index (χ4v) is 3.08. The van der Waals surface area contributed by atoms with Gasteiger partial charge < -0.3 is 15.1 Å². The van der Waals surface area contributed by atoms with E-state index in [0.29, 0.717) is 0 Å². The summed E-state index contributed by atoms with van der Waals surface area (Å²) >= 11 is 0. The van der Waals surface area contributed by atoms with Crippen LogP contribution in [0, 0.1) is 0 Å². The van der Waals surface area contributed by atoms with E-state index < -0.39 is 0 Å². The summed E-state index contributed by atoms with van der Waals surface area (Å²) in [4.78, 5) is 5.05. The van der Waals surface area contributed by atoms with Crippen molar-refractivity contribution in [2.75, 3.05) is 52.4 Å². The van der Waals surface area contributed by atoms with Gasteiger partial charge in [-0.1, -0.05) is 53.4 Å². The first-order valence-corrected chi connectivity index (χ1v) is 10.4. The SMILES string of the molecule is CCN(CC)CCCCCCNCCCCCCN(CC)CC. The minimum atomic E-state index is 1.20. The van der Waals surface area contributed by atoms with Crippen LogP contribution >= 0.6 is 0 Å². The quantitative estimate of drug-likeness (QED) is 0.377. The highest BCUT2D eigenvalue weighted by atomic mass is 15.1. The largest absolute Gasteiger partial charge is 0.317 e. The number of unbranched alkanes of at least 4 members (excludes halogenated alkanes) is 6. The van der Waals surface area contributed by atoms with Gasteiger partial charge in [-0.15, -0.1) is 0 Å². The molecule has 0 radical (unpaired) electrons. The summed E-state index contributed by atoms with van der Waals surface area (Å²) in [5.41, 5.74) is 0. The first kappa shape index (κ1) is 22.9. The zero-order valence-corrected chi connectivity index (χ0v) is 16.7. The molecule has 23 heavy (non-hydrogen) atoms. The van der Waals surface area contributed by atoms with Crippen molar-refractivity contribution < 1.29 is 0 Å². The zero-order valence-electron chi connectivity index (χ0n) is 16.7. The lowest BCUT2D eigenvalue weighted by molar-refractivity contribution is 0.295. The Morgan fingerprint density at radius 1 is 0.478 bits per heavy atom. The van der Waals surface area contributed by atoms with Crippen LogP contribution < -0.4 is 5.32 Å². The standard InChI is InChI=1S/C20H45N3/c1-5-22(6-2)19-15-11-9-13-17-21-18-14-10-12-16-20-23(7-3)8-4/h21H,5-20H2,1-4H3. The third-order valence-corrected chi connectivity index (χ3v) is 4.94. The molecule has 0 aromatic heterocycles. The van der Waals surface area contributed by atoms with Crippen LogP contribution in [0.4, 0.5) is 0 Å². The number of nitrogens with zero attached hydrogens (tertiary/aromatic N) is 2. The van der Waals surface area contributed by atoms with E-state index in [4.69, 9.17) is 0 Å². The van der Waals surface area contributed by atoms with Crippen LogP contribution in [0.3, 0.4) is 0 Å².